The smallest absolute Gasteiger partial charge is 0.272 e. The van der Waals surface area contributed by atoms with Crippen molar-refractivity contribution in [2.24, 2.45) is 38.9 Å². The maximum absolute atomic E-state index is 14.0. The van der Waals surface area contributed by atoms with Crippen LogP contribution in [0.5, 0.6) is 0 Å². The molecule has 0 radical (unpaired) electrons. The Balaban J connectivity index is 0.000000165. The molecule has 24 nitrogen and oxygen atoms in total. The second-order valence-electron chi connectivity index (χ2n) is 33.4. The first-order valence-corrected chi connectivity index (χ1v) is 39.7. The Kier molecular flexibility index (Phi) is 31.2. The summed E-state index contributed by atoms with van der Waals surface area (Å²) in [4.78, 5) is 8.62. The van der Waals surface area contributed by atoms with Gasteiger partial charge in [-0.05, 0) is 174 Å². The number of likely N-dealkylation sites (N-methyl/N-ethyl adjacent to an activating group) is 3. The molecule has 0 saturated heterocycles. The molecule has 30 heteroatoms. The van der Waals surface area contributed by atoms with Crippen LogP contribution >= 0.6 is 0 Å². The van der Waals surface area contributed by atoms with E-state index in [-0.39, 0.29) is 107 Å². The van der Waals surface area contributed by atoms with E-state index in [1.807, 2.05) is 21.0 Å². The van der Waals surface area contributed by atoms with E-state index in [0.29, 0.717) is 102 Å². The van der Waals surface area contributed by atoms with Crippen molar-refractivity contribution in [1.82, 2.24) is 58.7 Å². The molecule has 12 N–H and O–H groups in total. The minimum absolute atomic E-state index is 0.0208. The number of methoxy groups -OCH3 is 1. The molecule has 0 atom stereocenters. The van der Waals surface area contributed by atoms with Gasteiger partial charge in [0.05, 0.1) is 120 Å². The Hall–Kier alpha value is -4.22. The Labute approximate surface area is 630 Å². The van der Waals surface area contributed by atoms with Gasteiger partial charge in [-0.2, -0.15) is 20.4 Å². The minimum atomic E-state index is -2.73. The zero-order valence-corrected chi connectivity index (χ0v) is 65.3. The number of ether oxygens (including phenoxy) is 3. The van der Waals surface area contributed by atoms with Gasteiger partial charge in [-0.15, -0.1) is 0 Å². The lowest BCUT2D eigenvalue weighted by Crippen LogP contribution is -2.35. The van der Waals surface area contributed by atoms with Crippen molar-refractivity contribution in [3.8, 4) is 0 Å². The van der Waals surface area contributed by atoms with E-state index in [4.69, 9.17) is 36.5 Å². The number of halogens is 6. The van der Waals surface area contributed by atoms with Gasteiger partial charge in [0.2, 0.25) is 0 Å². The summed E-state index contributed by atoms with van der Waals surface area (Å²) < 4.78 is 107. The number of unbranched alkanes of at least 4 members (excludes halogenated alkanes) is 1. The molecular formula is C77H131F6N15O9. The zero-order chi connectivity index (χ0) is 77.5. The van der Waals surface area contributed by atoms with Gasteiger partial charge in [-0.3, -0.25) is 33.4 Å². The van der Waals surface area contributed by atoms with Crippen LogP contribution in [0.25, 0.3) is 0 Å². The Bertz CT molecular complexity index is 3360. The number of hydrogen-bond donors (Lipinski definition) is 9. The number of rotatable bonds is 32. The molecule has 4 aromatic rings. The summed E-state index contributed by atoms with van der Waals surface area (Å²) in [7, 11) is 9.82. The van der Waals surface area contributed by atoms with Crippen LogP contribution in [0, 0.1) is 21.7 Å². The molecule has 12 rings (SSSR count). The Morgan fingerprint density at radius 2 is 0.738 bits per heavy atom. The number of nitrogens with two attached hydrogens (primary N) is 3. The van der Waals surface area contributed by atoms with Gasteiger partial charge in [-0.25, -0.2) is 26.3 Å². The van der Waals surface area contributed by atoms with Crippen molar-refractivity contribution in [3.63, 3.8) is 0 Å². The molecule has 4 aliphatic heterocycles. The van der Waals surface area contributed by atoms with Crippen molar-refractivity contribution in [2.45, 2.75) is 249 Å². The number of aliphatic hydroxyl groups is 6. The molecule has 8 aliphatic rings. The third-order valence-electron chi connectivity index (χ3n) is 24.8. The first-order valence-electron chi connectivity index (χ1n) is 39.7. The van der Waals surface area contributed by atoms with Crippen LogP contribution in [0.1, 0.15) is 221 Å². The highest BCUT2D eigenvalue weighted by molar-refractivity contribution is 5.37. The van der Waals surface area contributed by atoms with E-state index in [0.717, 1.165) is 182 Å². The minimum Gasteiger partial charge on any atom is -0.396 e. The van der Waals surface area contributed by atoms with Crippen LogP contribution < -0.4 is 17.2 Å². The fourth-order valence-corrected chi connectivity index (χ4v) is 18.3. The standard InChI is InChI=1S/C20H34F2N4O2.C20H33F2N3O2.C19H34N4O3.C18H30F2N4O2/c1-3-28-14-19(13-27)6-4-15(5-7-19)18-16(11-25(2)9-8-23)24-26-12-20(21,22)10-17(18)26;1-3-4-9-24(2)11-16-18(17-10-20(21,22)12-25(17)23-16)15-5-7-19(13-26,14-27)8-6-15;1-22(8-7-20)11-16-18(17-12-26-10-9-23(17)21-16)15-3-5-19(13-24,6-4-15)14-25-2;1-23(7-6-21)9-14-16(15-8-18(19,20)10-24(15)22-14)13-2-4-17(11-25,12-26)5-3-13/h15,27H,3-14,23H2,1-2H3;15,26-27H,3-14H2,1-2H3;15,24H,3-14,20H2,1-2H3;13,25-26H,2-12,21H2,1H3. The summed E-state index contributed by atoms with van der Waals surface area (Å²) in [5.74, 6) is -7.12. The van der Waals surface area contributed by atoms with Crippen LogP contribution in [-0.2, 0) is 92.4 Å². The zero-order valence-electron chi connectivity index (χ0n) is 65.3. The normalized spacial score (nSPS) is 24.2. The highest BCUT2D eigenvalue weighted by Crippen LogP contribution is 2.51. The van der Waals surface area contributed by atoms with Crippen LogP contribution in [-0.4, -0.2) is 254 Å². The van der Waals surface area contributed by atoms with Gasteiger partial charge >= 0.3 is 0 Å². The molecule has 0 amide bonds. The largest absolute Gasteiger partial charge is 0.396 e. The molecule has 0 bridgehead atoms. The fourth-order valence-electron chi connectivity index (χ4n) is 18.3. The molecule has 610 valence electrons. The summed E-state index contributed by atoms with van der Waals surface area (Å²) in [5, 5.41) is 76.9. The van der Waals surface area contributed by atoms with E-state index in [2.05, 4.69) is 60.6 Å². The van der Waals surface area contributed by atoms with Crippen molar-refractivity contribution in [3.05, 3.63) is 67.8 Å². The van der Waals surface area contributed by atoms with Crippen LogP contribution in [0.4, 0.5) is 26.3 Å². The number of hydrogen-bond acceptors (Lipinski definition) is 20. The van der Waals surface area contributed by atoms with Gasteiger partial charge in [0.1, 0.15) is 19.6 Å². The number of aliphatic hydroxyl groups excluding tert-OH is 6. The number of fused-ring (bicyclic) bond motifs is 4. The van der Waals surface area contributed by atoms with Gasteiger partial charge in [0, 0.05) is 140 Å². The van der Waals surface area contributed by atoms with Gasteiger partial charge < -0.3 is 67.0 Å². The number of alkyl halides is 6. The number of nitrogens with zero attached hydrogens (tertiary/aromatic N) is 12. The maximum Gasteiger partial charge on any atom is 0.272 e. The molecular weight excluding hydrogens is 1390 g/mol. The summed E-state index contributed by atoms with van der Waals surface area (Å²) in [6.45, 7) is 15.1. The predicted molar refractivity (Wildman–Crippen MR) is 397 cm³/mol. The molecule has 4 saturated carbocycles. The summed E-state index contributed by atoms with van der Waals surface area (Å²) in [6, 6.07) is 0. The summed E-state index contributed by atoms with van der Waals surface area (Å²) in [6.07, 6.45) is 15.0. The monoisotopic (exact) mass is 1520 g/mol. The van der Waals surface area contributed by atoms with Crippen LogP contribution in [0.3, 0.4) is 0 Å². The van der Waals surface area contributed by atoms with Gasteiger partial charge in [-0.1, -0.05) is 13.3 Å². The highest BCUT2D eigenvalue weighted by atomic mass is 19.3. The fraction of sp³-hybridized carbons (Fsp3) is 0.844. The van der Waals surface area contributed by atoms with E-state index in [1.165, 1.54) is 31.0 Å². The average molecular weight is 1520 g/mol. The quantitative estimate of drug-likeness (QED) is 0.0217. The summed E-state index contributed by atoms with van der Waals surface area (Å²) >= 11 is 0. The summed E-state index contributed by atoms with van der Waals surface area (Å²) in [5.41, 5.74) is 27.4. The Morgan fingerprint density at radius 3 is 1.04 bits per heavy atom. The predicted octanol–water partition coefficient (Wildman–Crippen LogP) is 7.25. The van der Waals surface area contributed by atoms with Crippen LogP contribution in [0.15, 0.2) is 0 Å². The molecule has 8 heterocycles. The topological polar surface area (TPSA) is 311 Å². The third-order valence-corrected chi connectivity index (χ3v) is 24.8. The highest BCUT2D eigenvalue weighted by Gasteiger charge is 2.49. The lowest BCUT2D eigenvalue weighted by molar-refractivity contribution is -0.0158. The SMILES string of the molecule is CCCCN(C)Cc1nn2c(c1C1CCC(CO)(CO)CC1)CC(F)(F)C2.CCOCC1(CO)CCC(c2c(CN(C)CCN)nn3c2CC(F)(F)C3)CC1.CN(CCN)Cc1nn2c(c1C1CCC(CO)(CO)CC1)CC(F)(F)C2.COCC1(CO)CCC(c2c(CN(C)CCN)nn3c2COCC3)CC1. The first-order chi connectivity index (χ1) is 51.1. The number of aromatic nitrogens is 8. The van der Waals surface area contributed by atoms with Gasteiger partial charge in [0.25, 0.3) is 17.8 Å². The van der Waals surface area contributed by atoms with Crippen molar-refractivity contribution in [1.29, 1.82) is 0 Å². The Morgan fingerprint density at radius 1 is 0.439 bits per heavy atom. The maximum atomic E-state index is 14.0. The molecule has 0 unspecified atom stereocenters. The second kappa shape index (κ2) is 38.5. The molecule has 4 aromatic heterocycles. The molecule has 4 fully saturated rings. The molecule has 4 aliphatic carbocycles. The second-order valence-corrected chi connectivity index (χ2v) is 33.4. The van der Waals surface area contributed by atoms with Crippen molar-refractivity contribution >= 4 is 0 Å². The lowest BCUT2D eigenvalue weighted by Gasteiger charge is -2.39. The average Bonchev–Trinajstić information content (AvgIpc) is 1.63. The third kappa shape index (κ3) is 21.6. The van der Waals surface area contributed by atoms with Gasteiger partial charge in [0.15, 0.2) is 0 Å². The molecule has 0 spiro atoms. The van der Waals surface area contributed by atoms with Crippen LogP contribution in [0.2, 0.25) is 0 Å². The van der Waals surface area contributed by atoms with Crippen molar-refractivity contribution < 1.29 is 71.2 Å². The lowest BCUT2D eigenvalue weighted by atomic mass is 9.69. The van der Waals surface area contributed by atoms with E-state index in [9.17, 15) is 57.0 Å². The van der Waals surface area contributed by atoms with E-state index in [1.54, 1.807) is 7.11 Å². The first kappa shape index (κ1) is 86.8. The van der Waals surface area contributed by atoms with Crippen molar-refractivity contribution in [2.75, 3.05) is 147 Å². The van der Waals surface area contributed by atoms with E-state index < -0.39 is 28.6 Å². The van der Waals surface area contributed by atoms with E-state index >= 15 is 0 Å². The molecule has 0 aromatic carbocycles. The molecule has 107 heavy (non-hydrogen) atoms.